The molecule has 5 nitrogen and oxygen atoms in total. The van der Waals surface area contributed by atoms with Crippen LogP contribution in [0.4, 0.5) is 11.8 Å². The number of nitrogens with zero attached hydrogens (tertiary/aromatic N) is 3. The Labute approximate surface area is 132 Å². The lowest BCUT2D eigenvalue weighted by Crippen LogP contribution is -2.37. The first-order chi connectivity index (χ1) is 10.6. The van der Waals surface area contributed by atoms with Crippen molar-refractivity contribution in [2.75, 3.05) is 18.4 Å². The summed E-state index contributed by atoms with van der Waals surface area (Å²) in [7, 11) is 0. The maximum absolute atomic E-state index is 4.59. The summed E-state index contributed by atoms with van der Waals surface area (Å²) < 4.78 is 0. The van der Waals surface area contributed by atoms with E-state index < -0.39 is 0 Å². The Kier molecular flexibility index (Phi) is 4.25. The molecule has 2 aliphatic rings. The summed E-state index contributed by atoms with van der Waals surface area (Å²) in [5, 5.41) is 7.22. The summed E-state index contributed by atoms with van der Waals surface area (Å²) in [4.78, 5) is 13.2. The van der Waals surface area contributed by atoms with E-state index in [1.807, 2.05) is 20.0 Å². The zero-order chi connectivity index (χ0) is 15.6. The molecule has 1 aromatic heterocycles. The van der Waals surface area contributed by atoms with Crippen LogP contribution in [0.3, 0.4) is 0 Å². The van der Waals surface area contributed by atoms with Gasteiger partial charge in [-0.3, -0.25) is 0 Å². The van der Waals surface area contributed by atoms with E-state index in [-0.39, 0.29) is 0 Å². The summed E-state index contributed by atoms with van der Waals surface area (Å²) in [5.41, 5.74) is 2.29. The summed E-state index contributed by atoms with van der Waals surface area (Å²) in [6.45, 7) is 9.79. The topological polar surface area (TPSA) is 62.2 Å². The van der Waals surface area contributed by atoms with Gasteiger partial charge in [0.25, 0.3) is 5.95 Å². The molecule has 0 bridgehead atoms. The molecular formula is C17H25N5. The maximum Gasteiger partial charge on any atom is 0.251 e. The number of aryl methyl sites for hydroxylation is 1. The number of aromatic nitrogens is 2. The van der Waals surface area contributed by atoms with Gasteiger partial charge in [0.2, 0.25) is 0 Å². The number of hydrogen-bond donors (Lipinski definition) is 2. The Hall–Kier alpha value is -1.75. The highest BCUT2D eigenvalue weighted by Gasteiger charge is 2.44. The fraction of sp³-hybridized carbons (Fsp3) is 0.588. The molecule has 1 aliphatic heterocycles. The molecule has 5 heteroatoms. The van der Waals surface area contributed by atoms with Crippen LogP contribution in [-0.2, 0) is 0 Å². The van der Waals surface area contributed by atoms with Gasteiger partial charge in [0, 0.05) is 42.0 Å². The molecule has 1 unspecified atom stereocenters. The third kappa shape index (κ3) is 2.90. The first kappa shape index (κ1) is 15.2. The average Bonchev–Trinajstić information content (AvgIpc) is 3.14. The van der Waals surface area contributed by atoms with Crippen LogP contribution in [0, 0.1) is 12.3 Å². The lowest BCUT2D eigenvalue weighted by atomic mass is 9.81. The average molecular weight is 299 g/mol. The monoisotopic (exact) mass is 299 g/mol. The highest BCUT2D eigenvalue weighted by Crippen LogP contribution is 2.43. The van der Waals surface area contributed by atoms with Gasteiger partial charge >= 0.3 is 0 Å². The van der Waals surface area contributed by atoms with Crippen LogP contribution >= 0.6 is 0 Å². The predicted octanol–water partition coefficient (Wildman–Crippen LogP) is 3.01. The van der Waals surface area contributed by atoms with Gasteiger partial charge in [-0.2, -0.15) is 4.98 Å². The van der Waals surface area contributed by atoms with Gasteiger partial charge in [-0.25, -0.2) is 9.98 Å². The van der Waals surface area contributed by atoms with Crippen molar-refractivity contribution >= 4 is 17.5 Å². The van der Waals surface area contributed by atoms with E-state index in [0.717, 1.165) is 30.2 Å². The van der Waals surface area contributed by atoms with Gasteiger partial charge in [0.15, 0.2) is 0 Å². The smallest absolute Gasteiger partial charge is 0.251 e. The molecule has 2 N–H and O–H groups in total. The van der Waals surface area contributed by atoms with Crippen molar-refractivity contribution in [3.63, 3.8) is 0 Å². The van der Waals surface area contributed by atoms with Gasteiger partial charge in [-0.1, -0.05) is 19.4 Å². The fourth-order valence-corrected chi connectivity index (χ4v) is 3.61. The van der Waals surface area contributed by atoms with Crippen molar-refractivity contribution < 1.29 is 0 Å². The van der Waals surface area contributed by atoms with E-state index in [9.17, 15) is 0 Å². The number of rotatable bonds is 4. The largest absolute Gasteiger partial charge is 0.365 e. The number of nitrogens with one attached hydrogen (secondary N) is 2. The Morgan fingerprint density at radius 2 is 2.27 bits per heavy atom. The lowest BCUT2D eigenvalue weighted by Gasteiger charge is -2.31. The molecular weight excluding hydrogens is 274 g/mol. The molecule has 22 heavy (non-hydrogen) atoms. The summed E-state index contributed by atoms with van der Waals surface area (Å²) in [6.07, 6.45) is 8.86. The number of aliphatic imine (C=N–C) groups is 1. The molecule has 1 saturated carbocycles. The molecule has 2 fully saturated rings. The highest BCUT2D eigenvalue weighted by molar-refractivity contribution is 5.93. The van der Waals surface area contributed by atoms with E-state index in [1.165, 1.54) is 25.7 Å². The van der Waals surface area contributed by atoms with E-state index in [0.29, 0.717) is 17.4 Å². The second kappa shape index (κ2) is 6.16. The Morgan fingerprint density at radius 1 is 1.50 bits per heavy atom. The van der Waals surface area contributed by atoms with E-state index in [4.69, 9.17) is 0 Å². The minimum atomic E-state index is 0.401. The van der Waals surface area contributed by atoms with Crippen molar-refractivity contribution in [1.82, 2.24) is 15.3 Å². The summed E-state index contributed by atoms with van der Waals surface area (Å²) in [6, 6.07) is 0.445. The van der Waals surface area contributed by atoms with Crippen molar-refractivity contribution in [2.45, 2.75) is 45.6 Å². The fourth-order valence-electron chi connectivity index (χ4n) is 3.61. The molecule has 118 valence electrons. The van der Waals surface area contributed by atoms with Crippen LogP contribution in [0.15, 0.2) is 23.8 Å². The molecule has 2 heterocycles. The highest BCUT2D eigenvalue weighted by atomic mass is 15.2. The van der Waals surface area contributed by atoms with Crippen LogP contribution in [0.5, 0.6) is 0 Å². The Morgan fingerprint density at radius 3 is 3.00 bits per heavy atom. The molecule has 0 amide bonds. The summed E-state index contributed by atoms with van der Waals surface area (Å²) in [5.74, 6) is 1.41. The standard InChI is InChI=1S/C17H25N5/c1-4-13(3)20-16-19-9-12(2)15(22-16)21-14-10-18-11-17(14)7-5-6-8-17/h4,9,14,18H,1,5-8,10-11H2,2-3H3,(H,19,21,22). The minimum absolute atomic E-state index is 0.401. The number of anilines is 1. The van der Waals surface area contributed by atoms with E-state index in [2.05, 4.69) is 32.2 Å². The van der Waals surface area contributed by atoms with Gasteiger partial charge in [-0.05, 0) is 32.8 Å². The lowest BCUT2D eigenvalue weighted by molar-refractivity contribution is 0.309. The molecule has 0 radical (unpaired) electrons. The third-order valence-electron chi connectivity index (χ3n) is 5.01. The normalized spacial score (nSPS) is 23.9. The molecule has 0 aromatic carbocycles. The molecule has 1 saturated heterocycles. The molecule has 1 aliphatic carbocycles. The molecule has 1 atom stereocenters. The molecule has 3 rings (SSSR count). The van der Waals surface area contributed by atoms with Crippen LogP contribution in [-0.4, -0.2) is 34.8 Å². The van der Waals surface area contributed by atoms with Crippen molar-refractivity contribution in [2.24, 2.45) is 10.4 Å². The zero-order valence-corrected chi connectivity index (χ0v) is 13.5. The van der Waals surface area contributed by atoms with Gasteiger partial charge in [0.1, 0.15) is 5.82 Å². The second-order valence-corrected chi connectivity index (χ2v) is 6.56. The van der Waals surface area contributed by atoms with Gasteiger partial charge in [0.05, 0.1) is 0 Å². The van der Waals surface area contributed by atoms with Gasteiger partial charge < -0.3 is 10.6 Å². The van der Waals surface area contributed by atoms with Crippen LogP contribution in [0.25, 0.3) is 0 Å². The summed E-state index contributed by atoms with van der Waals surface area (Å²) >= 11 is 0. The number of allylic oxidation sites excluding steroid dienone is 1. The van der Waals surface area contributed by atoms with Gasteiger partial charge in [-0.15, -0.1) is 0 Å². The third-order valence-corrected chi connectivity index (χ3v) is 5.01. The SMILES string of the molecule is C=CC(C)=Nc1ncc(C)c(NC2CNCC23CCCC3)n1. The maximum atomic E-state index is 4.59. The van der Waals surface area contributed by atoms with Crippen LogP contribution < -0.4 is 10.6 Å². The predicted molar refractivity (Wildman–Crippen MR) is 90.9 cm³/mol. The van der Waals surface area contributed by atoms with Crippen LogP contribution in [0.2, 0.25) is 0 Å². The molecule has 1 spiro atoms. The molecule has 1 aromatic rings. The van der Waals surface area contributed by atoms with Crippen molar-refractivity contribution in [3.05, 3.63) is 24.4 Å². The zero-order valence-electron chi connectivity index (χ0n) is 13.5. The first-order valence-corrected chi connectivity index (χ1v) is 8.12. The van der Waals surface area contributed by atoms with Crippen molar-refractivity contribution in [3.8, 4) is 0 Å². The first-order valence-electron chi connectivity index (χ1n) is 8.12. The Balaban J connectivity index is 1.82. The van der Waals surface area contributed by atoms with E-state index >= 15 is 0 Å². The van der Waals surface area contributed by atoms with Crippen LogP contribution in [0.1, 0.15) is 38.2 Å². The number of hydrogen-bond acceptors (Lipinski definition) is 5. The second-order valence-electron chi connectivity index (χ2n) is 6.56. The Bertz CT molecular complexity index is 581. The van der Waals surface area contributed by atoms with Crippen molar-refractivity contribution in [1.29, 1.82) is 0 Å². The minimum Gasteiger partial charge on any atom is -0.365 e. The van der Waals surface area contributed by atoms with E-state index in [1.54, 1.807) is 6.08 Å². The quantitative estimate of drug-likeness (QED) is 0.839.